The molecule has 0 bridgehead atoms. The standard InChI is InChI=1S/C21H25N5O2/c1-21(2,3)26-20-24-10-15-17(25-20)14(9-23-19(15)22)13-5-4-6-16(27)18(13)28-11-12-7-8-12/h4-6,9-10,12,27H,7-8,11H2,1-3H3,(H2,22,23)(H,24,25,26). The topological polar surface area (TPSA) is 106 Å². The Morgan fingerprint density at radius 2 is 1.96 bits per heavy atom. The summed E-state index contributed by atoms with van der Waals surface area (Å²) in [4.78, 5) is 13.4. The van der Waals surface area contributed by atoms with Gasteiger partial charge in [-0.2, -0.15) is 0 Å². The minimum atomic E-state index is -0.185. The lowest BCUT2D eigenvalue weighted by Gasteiger charge is -2.21. The summed E-state index contributed by atoms with van der Waals surface area (Å²) in [6.07, 6.45) is 5.69. The number of pyridine rings is 1. The largest absolute Gasteiger partial charge is 0.504 e. The maximum atomic E-state index is 10.4. The minimum Gasteiger partial charge on any atom is -0.504 e. The van der Waals surface area contributed by atoms with Gasteiger partial charge in [-0.05, 0) is 45.6 Å². The fourth-order valence-corrected chi connectivity index (χ4v) is 3.01. The molecule has 2 heterocycles. The summed E-state index contributed by atoms with van der Waals surface area (Å²) in [5.41, 5.74) is 8.02. The van der Waals surface area contributed by atoms with Gasteiger partial charge in [-0.1, -0.05) is 12.1 Å². The predicted octanol–water partition coefficient (Wildman–Crippen LogP) is 3.98. The molecule has 1 aromatic carbocycles. The van der Waals surface area contributed by atoms with Gasteiger partial charge < -0.3 is 20.9 Å². The number of nitrogens with zero attached hydrogens (tertiary/aromatic N) is 3. The van der Waals surface area contributed by atoms with Crippen molar-refractivity contribution in [3.63, 3.8) is 0 Å². The number of phenolic OH excluding ortho intramolecular Hbond substituents is 1. The van der Waals surface area contributed by atoms with Crippen LogP contribution in [0, 0.1) is 5.92 Å². The zero-order valence-corrected chi connectivity index (χ0v) is 16.4. The number of ether oxygens (including phenoxy) is 1. The number of nitrogens with one attached hydrogen (secondary N) is 1. The number of nitrogens with two attached hydrogens (primary N) is 1. The Bertz CT molecular complexity index is 1030. The van der Waals surface area contributed by atoms with Gasteiger partial charge in [0.1, 0.15) is 5.82 Å². The Morgan fingerprint density at radius 3 is 2.68 bits per heavy atom. The molecule has 0 radical (unpaired) electrons. The summed E-state index contributed by atoms with van der Waals surface area (Å²) in [7, 11) is 0. The van der Waals surface area contributed by atoms with Crippen LogP contribution < -0.4 is 15.8 Å². The summed E-state index contributed by atoms with van der Waals surface area (Å²) in [6, 6.07) is 5.31. The molecule has 0 amide bonds. The first-order chi connectivity index (χ1) is 13.3. The summed E-state index contributed by atoms with van der Waals surface area (Å²) in [5.74, 6) is 1.99. The lowest BCUT2D eigenvalue weighted by molar-refractivity contribution is 0.285. The van der Waals surface area contributed by atoms with Gasteiger partial charge >= 0.3 is 0 Å². The Labute approximate surface area is 164 Å². The summed E-state index contributed by atoms with van der Waals surface area (Å²) < 4.78 is 5.97. The average Bonchev–Trinajstić information content (AvgIpc) is 3.44. The second kappa shape index (κ2) is 6.82. The molecule has 1 saturated carbocycles. The molecule has 4 rings (SSSR count). The van der Waals surface area contributed by atoms with Crippen LogP contribution in [0.1, 0.15) is 33.6 Å². The third-order valence-corrected chi connectivity index (χ3v) is 4.58. The van der Waals surface area contributed by atoms with Crippen LogP contribution in [-0.4, -0.2) is 32.2 Å². The molecule has 3 aromatic rings. The van der Waals surface area contributed by atoms with Gasteiger partial charge in [-0.25, -0.2) is 15.0 Å². The average molecular weight is 379 g/mol. The van der Waals surface area contributed by atoms with E-state index >= 15 is 0 Å². The van der Waals surface area contributed by atoms with Crippen LogP contribution in [0.3, 0.4) is 0 Å². The third-order valence-electron chi connectivity index (χ3n) is 4.58. The molecule has 28 heavy (non-hydrogen) atoms. The Morgan fingerprint density at radius 1 is 1.18 bits per heavy atom. The zero-order chi connectivity index (χ0) is 19.9. The number of nitrogen functional groups attached to an aromatic ring is 1. The fraction of sp³-hybridized carbons (Fsp3) is 0.381. The zero-order valence-electron chi connectivity index (χ0n) is 16.4. The summed E-state index contributed by atoms with van der Waals surface area (Å²) >= 11 is 0. The van der Waals surface area contributed by atoms with E-state index in [9.17, 15) is 5.11 Å². The maximum Gasteiger partial charge on any atom is 0.223 e. The molecular formula is C21H25N5O2. The van der Waals surface area contributed by atoms with Gasteiger partial charge in [0.2, 0.25) is 5.95 Å². The highest BCUT2D eigenvalue weighted by atomic mass is 16.5. The van der Waals surface area contributed by atoms with Crippen molar-refractivity contribution in [1.82, 2.24) is 15.0 Å². The van der Waals surface area contributed by atoms with E-state index in [-0.39, 0.29) is 11.3 Å². The van der Waals surface area contributed by atoms with Crippen LogP contribution in [-0.2, 0) is 0 Å². The van der Waals surface area contributed by atoms with E-state index in [0.717, 1.165) is 11.1 Å². The quantitative estimate of drug-likeness (QED) is 0.615. The van der Waals surface area contributed by atoms with Crippen molar-refractivity contribution in [3.05, 3.63) is 30.6 Å². The monoisotopic (exact) mass is 379 g/mol. The normalized spacial score (nSPS) is 14.2. The molecule has 0 saturated heterocycles. The Kier molecular flexibility index (Phi) is 4.45. The number of fused-ring (bicyclic) bond motifs is 1. The van der Waals surface area contributed by atoms with Crippen molar-refractivity contribution in [2.24, 2.45) is 5.92 Å². The van der Waals surface area contributed by atoms with E-state index in [1.54, 1.807) is 24.5 Å². The third kappa shape index (κ3) is 3.78. The number of anilines is 2. The van der Waals surface area contributed by atoms with E-state index in [1.807, 2.05) is 26.8 Å². The molecule has 0 aliphatic heterocycles. The molecule has 146 valence electrons. The maximum absolute atomic E-state index is 10.4. The SMILES string of the molecule is CC(C)(C)Nc1ncc2c(N)ncc(-c3cccc(O)c3OCC3CC3)c2n1. The number of phenols is 1. The van der Waals surface area contributed by atoms with Gasteiger partial charge in [-0.3, -0.25) is 0 Å². The lowest BCUT2D eigenvalue weighted by Crippen LogP contribution is -2.27. The molecule has 2 aromatic heterocycles. The van der Waals surface area contributed by atoms with Crippen LogP contribution in [0.5, 0.6) is 11.5 Å². The molecule has 1 aliphatic rings. The molecule has 0 atom stereocenters. The van der Waals surface area contributed by atoms with Crippen LogP contribution in [0.2, 0.25) is 0 Å². The van der Waals surface area contributed by atoms with Crippen molar-refractivity contribution in [1.29, 1.82) is 0 Å². The number of hydrogen-bond donors (Lipinski definition) is 3. The van der Waals surface area contributed by atoms with Crippen molar-refractivity contribution in [3.8, 4) is 22.6 Å². The molecule has 4 N–H and O–H groups in total. The van der Waals surface area contributed by atoms with Crippen molar-refractivity contribution >= 4 is 22.7 Å². The van der Waals surface area contributed by atoms with Crippen LogP contribution >= 0.6 is 0 Å². The second-order valence-electron chi connectivity index (χ2n) is 8.30. The first kappa shape index (κ1) is 18.3. The highest BCUT2D eigenvalue weighted by Crippen LogP contribution is 2.41. The minimum absolute atomic E-state index is 0.102. The highest BCUT2D eigenvalue weighted by Gasteiger charge is 2.24. The van der Waals surface area contributed by atoms with Crippen molar-refractivity contribution in [2.75, 3.05) is 17.7 Å². The smallest absolute Gasteiger partial charge is 0.223 e. The second-order valence-corrected chi connectivity index (χ2v) is 8.30. The Hall–Kier alpha value is -3.09. The van der Waals surface area contributed by atoms with Gasteiger partial charge in [0, 0.05) is 29.1 Å². The number of aromatic nitrogens is 3. The van der Waals surface area contributed by atoms with Crippen LogP contribution in [0.4, 0.5) is 11.8 Å². The van der Waals surface area contributed by atoms with E-state index in [4.69, 9.17) is 15.5 Å². The number of aromatic hydroxyl groups is 1. The Balaban J connectivity index is 1.85. The van der Waals surface area contributed by atoms with Gasteiger partial charge in [0.15, 0.2) is 11.5 Å². The predicted molar refractivity (Wildman–Crippen MR) is 110 cm³/mol. The van der Waals surface area contributed by atoms with E-state index < -0.39 is 0 Å². The van der Waals surface area contributed by atoms with E-state index in [2.05, 4.69) is 15.3 Å². The highest BCUT2D eigenvalue weighted by molar-refractivity contribution is 5.99. The van der Waals surface area contributed by atoms with Gasteiger partial charge in [0.05, 0.1) is 17.5 Å². The van der Waals surface area contributed by atoms with E-state index in [1.165, 1.54) is 12.8 Å². The molecule has 0 spiro atoms. The van der Waals surface area contributed by atoms with Crippen LogP contribution in [0.25, 0.3) is 22.0 Å². The number of para-hydroxylation sites is 1. The fourth-order valence-electron chi connectivity index (χ4n) is 3.01. The van der Waals surface area contributed by atoms with Crippen molar-refractivity contribution < 1.29 is 9.84 Å². The molecule has 1 fully saturated rings. The lowest BCUT2D eigenvalue weighted by atomic mass is 10.0. The first-order valence-electron chi connectivity index (χ1n) is 9.46. The molecule has 7 nitrogen and oxygen atoms in total. The summed E-state index contributed by atoms with van der Waals surface area (Å²) in [6.45, 7) is 6.72. The number of benzene rings is 1. The molecule has 0 unspecified atom stereocenters. The summed E-state index contributed by atoms with van der Waals surface area (Å²) in [5, 5.41) is 14.3. The molecule has 7 heteroatoms. The first-order valence-corrected chi connectivity index (χ1v) is 9.46. The van der Waals surface area contributed by atoms with Gasteiger partial charge in [-0.15, -0.1) is 0 Å². The number of hydrogen-bond acceptors (Lipinski definition) is 7. The van der Waals surface area contributed by atoms with Crippen molar-refractivity contribution in [2.45, 2.75) is 39.2 Å². The van der Waals surface area contributed by atoms with Crippen LogP contribution in [0.15, 0.2) is 30.6 Å². The van der Waals surface area contributed by atoms with E-state index in [0.29, 0.717) is 40.9 Å². The molecule has 1 aliphatic carbocycles. The van der Waals surface area contributed by atoms with Gasteiger partial charge in [0.25, 0.3) is 0 Å². The molecular weight excluding hydrogens is 354 g/mol. The number of rotatable bonds is 5.